The highest BCUT2D eigenvalue weighted by Gasteiger charge is 2.08. The molecular weight excluding hydrogens is 180 g/mol. The Balaban J connectivity index is 3.02. The number of rotatable bonds is 2. The number of hydrogen-bond donors (Lipinski definition) is 1. The van der Waals surface area contributed by atoms with Gasteiger partial charge in [-0.25, -0.2) is 8.78 Å². The fraction of sp³-hybridized carbons (Fsp3) is 0.250. The standard InChI is InChI=1S/C8H9F2NS/c1-12-7-3-2-5(8(9)10)4-6(7)11/h2-4,8H,11H2,1H3. The number of anilines is 1. The van der Waals surface area contributed by atoms with Crippen molar-refractivity contribution in [3.63, 3.8) is 0 Å². The third kappa shape index (κ3) is 1.88. The summed E-state index contributed by atoms with van der Waals surface area (Å²) in [5.41, 5.74) is 5.91. The summed E-state index contributed by atoms with van der Waals surface area (Å²) < 4.78 is 24.2. The Labute approximate surface area is 74.0 Å². The summed E-state index contributed by atoms with van der Waals surface area (Å²) in [7, 11) is 0. The van der Waals surface area contributed by atoms with E-state index in [2.05, 4.69) is 0 Å². The zero-order valence-corrected chi connectivity index (χ0v) is 7.37. The first-order chi connectivity index (χ1) is 5.65. The molecule has 0 bridgehead atoms. The van der Waals surface area contributed by atoms with E-state index in [0.29, 0.717) is 5.69 Å². The number of halogens is 2. The Morgan fingerprint density at radius 2 is 2.08 bits per heavy atom. The average molecular weight is 189 g/mol. The van der Waals surface area contributed by atoms with Gasteiger partial charge in [-0.1, -0.05) is 6.07 Å². The lowest BCUT2D eigenvalue weighted by Crippen LogP contribution is -1.91. The van der Waals surface area contributed by atoms with Gasteiger partial charge < -0.3 is 5.73 Å². The number of alkyl halides is 2. The van der Waals surface area contributed by atoms with Gasteiger partial charge in [0.15, 0.2) is 0 Å². The average Bonchev–Trinajstić information content (AvgIpc) is 2.04. The first-order valence-corrected chi connectivity index (χ1v) is 4.59. The van der Waals surface area contributed by atoms with Gasteiger partial charge in [0.05, 0.1) is 0 Å². The highest BCUT2D eigenvalue weighted by molar-refractivity contribution is 7.98. The summed E-state index contributed by atoms with van der Waals surface area (Å²) in [5, 5.41) is 0. The van der Waals surface area contributed by atoms with E-state index in [1.807, 2.05) is 6.26 Å². The molecular formula is C8H9F2NS. The molecule has 0 fully saturated rings. The summed E-state index contributed by atoms with van der Waals surface area (Å²) in [5.74, 6) is 0. The Hall–Kier alpha value is -0.770. The second-order valence-corrected chi connectivity index (χ2v) is 3.15. The summed E-state index contributed by atoms with van der Waals surface area (Å²) in [6.07, 6.45) is -0.587. The van der Waals surface area contributed by atoms with E-state index in [0.717, 1.165) is 4.90 Å². The van der Waals surface area contributed by atoms with E-state index < -0.39 is 6.43 Å². The van der Waals surface area contributed by atoms with Gasteiger partial charge in [-0.2, -0.15) is 0 Å². The molecule has 1 nitrogen and oxygen atoms in total. The van der Waals surface area contributed by atoms with Crippen LogP contribution in [0.4, 0.5) is 14.5 Å². The molecule has 0 aliphatic carbocycles. The molecule has 0 amide bonds. The van der Waals surface area contributed by atoms with Crippen molar-refractivity contribution in [2.45, 2.75) is 11.3 Å². The number of benzene rings is 1. The molecule has 66 valence electrons. The van der Waals surface area contributed by atoms with E-state index in [4.69, 9.17) is 5.73 Å². The SMILES string of the molecule is CSc1ccc(C(F)F)cc1N. The maximum Gasteiger partial charge on any atom is 0.263 e. The molecule has 0 atom stereocenters. The monoisotopic (exact) mass is 189 g/mol. The maximum absolute atomic E-state index is 12.1. The maximum atomic E-state index is 12.1. The lowest BCUT2D eigenvalue weighted by atomic mass is 10.2. The van der Waals surface area contributed by atoms with Crippen LogP contribution in [0.25, 0.3) is 0 Å². The molecule has 0 saturated heterocycles. The number of nitrogen functional groups attached to an aromatic ring is 1. The smallest absolute Gasteiger partial charge is 0.263 e. The Kier molecular flexibility index (Phi) is 2.92. The summed E-state index contributed by atoms with van der Waals surface area (Å²) in [4.78, 5) is 0.833. The molecule has 1 rings (SSSR count). The number of nitrogens with two attached hydrogens (primary N) is 1. The Bertz CT molecular complexity index is 276. The largest absolute Gasteiger partial charge is 0.398 e. The molecule has 0 heterocycles. The summed E-state index contributed by atoms with van der Waals surface area (Å²) in [6.45, 7) is 0. The minimum atomic E-state index is -2.44. The molecule has 0 aromatic heterocycles. The first kappa shape index (κ1) is 9.32. The van der Waals surface area contributed by atoms with E-state index in [-0.39, 0.29) is 5.56 Å². The third-order valence-electron chi connectivity index (χ3n) is 1.51. The second-order valence-electron chi connectivity index (χ2n) is 2.30. The fourth-order valence-electron chi connectivity index (χ4n) is 0.889. The molecule has 1 aromatic rings. The van der Waals surface area contributed by atoms with Crippen LogP contribution in [-0.4, -0.2) is 6.26 Å². The van der Waals surface area contributed by atoms with Crippen LogP contribution in [0.3, 0.4) is 0 Å². The predicted molar refractivity (Wildman–Crippen MR) is 47.6 cm³/mol. The van der Waals surface area contributed by atoms with Gasteiger partial charge in [-0.05, 0) is 18.4 Å². The van der Waals surface area contributed by atoms with Crippen LogP contribution in [-0.2, 0) is 0 Å². The Morgan fingerprint density at radius 1 is 1.42 bits per heavy atom. The van der Waals surface area contributed by atoms with Crippen molar-refractivity contribution < 1.29 is 8.78 Å². The van der Waals surface area contributed by atoms with E-state index in [1.165, 1.54) is 23.9 Å². The number of thioether (sulfide) groups is 1. The highest BCUT2D eigenvalue weighted by atomic mass is 32.2. The van der Waals surface area contributed by atoms with Crippen molar-refractivity contribution in [2.24, 2.45) is 0 Å². The first-order valence-electron chi connectivity index (χ1n) is 3.36. The molecule has 2 N–H and O–H groups in total. The quantitative estimate of drug-likeness (QED) is 0.571. The van der Waals surface area contributed by atoms with Crippen molar-refractivity contribution in [3.8, 4) is 0 Å². The summed E-state index contributed by atoms with van der Waals surface area (Å²) in [6, 6.07) is 4.32. The second kappa shape index (κ2) is 3.76. The van der Waals surface area contributed by atoms with E-state index in [1.54, 1.807) is 6.07 Å². The molecule has 0 spiro atoms. The van der Waals surface area contributed by atoms with E-state index in [9.17, 15) is 8.78 Å². The van der Waals surface area contributed by atoms with Crippen LogP contribution in [0, 0.1) is 0 Å². The van der Waals surface area contributed by atoms with Crippen LogP contribution in [0.5, 0.6) is 0 Å². The highest BCUT2D eigenvalue weighted by Crippen LogP contribution is 2.27. The Morgan fingerprint density at radius 3 is 2.50 bits per heavy atom. The van der Waals surface area contributed by atoms with Crippen molar-refractivity contribution in [3.05, 3.63) is 23.8 Å². The van der Waals surface area contributed by atoms with Gasteiger partial charge in [-0.15, -0.1) is 11.8 Å². The van der Waals surface area contributed by atoms with Gasteiger partial charge >= 0.3 is 0 Å². The molecule has 0 aliphatic heterocycles. The molecule has 12 heavy (non-hydrogen) atoms. The molecule has 1 aromatic carbocycles. The predicted octanol–water partition coefficient (Wildman–Crippen LogP) is 2.93. The van der Waals surface area contributed by atoms with E-state index >= 15 is 0 Å². The van der Waals surface area contributed by atoms with Crippen LogP contribution in [0.1, 0.15) is 12.0 Å². The van der Waals surface area contributed by atoms with Crippen LogP contribution >= 0.6 is 11.8 Å². The van der Waals surface area contributed by atoms with Gasteiger partial charge in [0, 0.05) is 16.1 Å². The van der Waals surface area contributed by atoms with Crippen LogP contribution in [0.2, 0.25) is 0 Å². The van der Waals surface area contributed by atoms with Crippen molar-refractivity contribution in [2.75, 3.05) is 12.0 Å². The zero-order valence-electron chi connectivity index (χ0n) is 6.55. The lowest BCUT2D eigenvalue weighted by molar-refractivity contribution is 0.151. The number of hydrogen-bond acceptors (Lipinski definition) is 2. The van der Waals surface area contributed by atoms with Gasteiger partial charge in [-0.3, -0.25) is 0 Å². The third-order valence-corrected chi connectivity index (χ3v) is 2.32. The fourth-order valence-corrected chi connectivity index (χ4v) is 1.39. The zero-order chi connectivity index (χ0) is 9.14. The van der Waals surface area contributed by atoms with Gasteiger partial charge in [0.1, 0.15) is 0 Å². The molecule has 0 unspecified atom stereocenters. The van der Waals surface area contributed by atoms with Crippen molar-refractivity contribution in [1.29, 1.82) is 0 Å². The molecule has 0 radical (unpaired) electrons. The topological polar surface area (TPSA) is 26.0 Å². The van der Waals surface area contributed by atoms with Gasteiger partial charge in [0.25, 0.3) is 6.43 Å². The molecule has 4 heteroatoms. The van der Waals surface area contributed by atoms with Crippen molar-refractivity contribution >= 4 is 17.4 Å². The van der Waals surface area contributed by atoms with Crippen molar-refractivity contribution in [1.82, 2.24) is 0 Å². The van der Waals surface area contributed by atoms with Gasteiger partial charge in [0.2, 0.25) is 0 Å². The minimum Gasteiger partial charge on any atom is -0.398 e. The molecule has 0 saturated carbocycles. The van der Waals surface area contributed by atoms with Crippen LogP contribution in [0.15, 0.2) is 23.1 Å². The van der Waals surface area contributed by atoms with Crippen LogP contribution < -0.4 is 5.73 Å². The summed E-state index contributed by atoms with van der Waals surface area (Å²) >= 11 is 1.45. The molecule has 0 aliphatic rings. The lowest BCUT2D eigenvalue weighted by Gasteiger charge is -2.04. The normalized spacial score (nSPS) is 10.7. The minimum absolute atomic E-state index is 0.0229.